The van der Waals surface area contributed by atoms with Gasteiger partial charge in [-0.1, -0.05) is 12.1 Å². The van der Waals surface area contributed by atoms with E-state index in [2.05, 4.69) is 37.9 Å². The van der Waals surface area contributed by atoms with E-state index in [4.69, 9.17) is 4.74 Å². The van der Waals surface area contributed by atoms with Crippen LogP contribution in [0.3, 0.4) is 0 Å². The van der Waals surface area contributed by atoms with E-state index < -0.39 is 0 Å². The maximum Gasteiger partial charge on any atom is 0.169 e. The summed E-state index contributed by atoms with van der Waals surface area (Å²) in [6.45, 7) is 0.364. The molecular weight excluding hydrogens is 385 g/mol. The van der Waals surface area contributed by atoms with Crippen molar-refractivity contribution >= 4 is 50.0 Å². The average molecular weight is 397 g/mol. The largest absolute Gasteiger partial charge is 0.484 e. The molecule has 1 N–H and O–H groups in total. The SMILES string of the molecule is CNc1nc(COc2ccccc2I)nc2sccc12. The van der Waals surface area contributed by atoms with Crippen molar-refractivity contribution in [1.29, 1.82) is 0 Å². The Morgan fingerprint density at radius 3 is 2.90 bits per heavy atom. The molecular formula is C14H12IN3OS. The maximum atomic E-state index is 5.79. The number of benzene rings is 1. The summed E-state index contributed by atoms with van der Waals surface area (Å²) in [5, 5.41) is 6.17. The molecule has 0 spiro atoms. The van der Waals surface area contributed by atoms with E-state index in [9.17, 15) is 0 Å². The van der Waals surface area contributed by atoms with Gasteiger partial charge < -0.3 is 10.1 Å². The molecule has 4 nitrogen and oxygen atoms in total. The van der Waals surface area contributed by atoms with Crippen LogP contribution in [0, 0.1) is 3.57 Å². The van der Waals surface area contributed by atoms with E-state index in [0.29, 0.717) is 12.4 Å². The molecule has 6 heteroatoms. The Labute approximate surface area is 134 Å². The summed E-state index contributed by atoms with van der Waals surface area (Å²) in [7, 11) is 1.87. The molecule has 0 amide bonds. The number of thiophene rings is 1. The molecule has 0 saturated carbocycles. The van der Waals surface area contributed by atoms with E-state index in [-0.39, 0.29) is 0 Å². The Balaban J connectivity index is 1.86. The van der Waals surface area contributed by atoms with Crippen LogP contribution in [0.4, 0.5) is 5.82 Å². The first kappa shape index (κ1) is 13.6. The molecule has 20 heavy (non-hydrogen) atoms. The highest BCUT2D eigenvalue weighted by atomic mass is 127. The highest BCUT2D eigenvalue weighted by Gasteiger charge is 2.09. The van der Waals surface area contributed by atoms with Crippen molar-refractivity contribution < 1.29 is 4.74 Å². The summed E-state index contributed by atoms with van der Waals surface area (Å²) in [6, 6.07) is 9.93. The summed E-state index contributed by atoms with van der Waals surface area (Å²) in [6.07, 6.45) is 0. The fourth-order valence-corrected chi connectivity index (χ4v) is 3.18. The fraction of sp³-hybridized carbons (Fsp3) is 0.143. The van der Waals surface area contributed by atoms with Crippen LogP contribution in [0.5, 0.6) is 5.75 Å². The number of nitrogens with one attached hydrogen (secondary N) is 1. The number of aromatic nitrogens is 2. The van der Waals surface area contributed by atoms with Crippen molar-refractivity contribution in [2.75, 3.05) is 12.4 Å². The molecule has 102 valence electrons. The first-order valence-electron chi connectivity index (χ1n) is 6.07. The van der Waals surface area contributed by atoms with Crippen LogP contribution in [0.25, 0.3) is 10.2 Å². The van der Waals surface area contributed by atoms with Gasteiger partial charge in [-0.15, -0.1) is 11.3 Å². The smallest absolute Gasteiger partial charge is 0.169 e. The first-order valence-corrected chi connectivity index (χ1v) is 8.03. The monoisotopic (exact) mass is 397 g/mol. The molecule has 0 unspecified atom stereocenters. The van der Waals surface area contributed by atoms with Gasteiger partial charge in [0.15, 0.2) is 5.82 Å². The lowest BCUT2D eigenvalue weighted by atomic mass is 10.3. The van der Waals surface area contributed by atoms with E-state index >= 15 is 0 Å². The molecule has 0 bridgehead atoms. The number of hydrogen-bond donors (Lipinski definition) is 1. The summed E-state index contributed by atoms with van der Waals surface area (Å²) in [4.78, 5) is 10.00. The van der Waals surface area contributed by atoms with Crippen molar-refractivity contribution in [3.8, 4) is 5.75 Å². The lowest BCUT2D eigenvalue weighted by Crippen LogP contribution is -2.04. The van der Waals surface area contributed by atoms with Crippen molar-refractivity contribution in [3.05, 3.63) is 45.1 Å². The zero-order valence-electron chi connectivity index (χ0n) is 10.8. The Kier molecular flexibility index (Phi) is 4.02. The second kappa shape index (κ2) is 5.92. The maximum absolute atomic E-state index is 5.79. The van der Waals surface area contributed by atoms with Gasteiger partial charge in [0.05, 0.1) is 8.96 Å². The summed E-state index contributed by atoms with van der Waals surface area (Å²) >= 11 is 3.86. The van der Waals surface area contributed by atoms with E-state index in [1.807, 2.05) is 42.8 Å². The standard InChI is InChI=1S/C14H12IN3OS/c1-16-13-9-6-7-20-14(9)18-12(17-13)8-19-11-5-3-2-4-10(11)15/h2-7H,8H2,1H3,(H,16,17,18). The Morgan fingerprint density at radius 2 is 2.10 bits per heavy atom. The molecule has 0 atom stereocenters. The molecule has 0 fully saturated rings. The second-order valence-electron chi connectivity index (χ2n) is 4.10. The molecule has 0 saturated heterocycles. The molecule has 0 aliphatic rings. The van der Waals surface area contributed by atoms with Gasteiger partial charge in [0.25, 0.3) is 0 Å². The van der Waals surface area contributed by atoms with Crippen molar-refractivity contribution in [1.82, 2.24) is 9.97 Å². The van der Waals surface area contributed by atoms with Gasteiger partial charge in [-0.2, -0.15) is 0 Å². The highest BCUT2D eigenvalue weighted by Crippen LogP contribution is 2.25. The van der Waals surface area contributed by atoms with Crippen LogP contribution < -0.4 is 10.1 Å². The van der Waals surface area contributed by atoms with Crippen molar-refractivity contribution in [2.45, 2.75) is 6.61 Å². The van der Waals surface area contributed by atoms with Crippen LogP contribution >= 0.6 is 33.9 Å². The van der Waals surface area contributed by atoms with Crippen LogP contribution in [0.1, 0.15) is 5.82 Å². The molecule has 0 aliphatic heterocycles. The Morgan fingerprint density at radius 1 is 1.25 bits per heavy atom. The molecule has 2 aromatic heterocycles. The molecule has 3 rings (SSSR count). The number of anilines is 1. The van der Waals surface area contributed by atoms with Gasteiger partial charge in [-0.3, -0.25) is 0 Å². The summed E-state index contributed by atoms with van der Waals surface area (Å²) in [5.41, 5.74) is 0. The van der Waals surface area contributed by atoms with Crippen LogP contribution in [0.2, 0.25) is 0 Å². The van der Waals surface area contributed by atoms with Crippen molar-refractivity contribution in [3.63, 3.8) is 0 Å². The highest BCUT2D eigenvalue weighted by molar-refractivity contribution is 14.1. The molecule has 2 heterocycles. The Bertz CT molecular complexity index is 744. The van der Waals surface area contributed by atoms with E-state index in [0.717, 1.165) is 25.4 Å². The fourth-order valence-electron chi connectivity index (χ4n) is 1.86. The van der Waals surface area contributed by atoms with Gasteiger partial charge >= 0.3 is 0 Å². The number of hydrogen-bond acceptors (Lipinski definition) is 5. The second-order valence-corrected chi connectivity index (χ2v) is 6.15. The third kappa shape index (κ3) is 2.71. The Hall–Kier alpha value is -1.41. The first-order chi connectivity index (χ1) is 9.78. The van der Waals surface area contributed by atoms with Gasteiger partial charge in [0.2, 0.25) is 0 Å². The summed E-state index contributed by atoms with van der Waals surface area (Å²) < 4.78 is 6.87. The molecule has 0 aliphatic carbocycles. The van der Waals surface area contributed by atoms with Gasteiger partial charge in [-0.05, 0) is 46.2 Å². The zero-order valence-corrected chi connectivity index (χ0v) is 13.7. The number of fused-ring (bicyclic) bond motifs is 1. The van der Waals surface area contributed by atoms with Crippen LogP contribution in [-0.2, 0) is 6.61 Å². The summed E-state index contributed by atoms with van der Waals surface area (Å²) in [5.74, 6) is 2.38. The van der Waals surface area contributed by atoms with Crippen LogP contribution in [-0.4, -0.2) is 17.0 Å². The average Bonchev–Trinajstić information content (AvgIpc) is 2.94. The van der Waals surface area contributed by atoms with Gasteiger partial charge in [0.1, 0.15) is 23.0 Å². The predicted octanol–water partition coefficient (Wildman–Crippen LogP) is 3.92. The van der Waals surface area contributed by atoms with E-state index in [1.165, 1.54) is 0 Å². The van der Waals surface area contributed by atoms with Crippen molar-refractivity contribution in [2.24, 2.45) is 0 Å². The third-order valence-electron chi connectivity index (χ3n) is 2.80. The quantitative estimate of drug-likeness (QED) is 0.679. The van der Waals surface area contributed by atoms with Gasteiger partial charge in [0, 0.05) is 7.05 Å². The van der Waals surface area contributed by atoms with Gasteiger partial charge in [-0.25, -0.2) is 9.97 Å². The number of para-hydroxylation sites is 1. The zero-order chi connectivity index (χ0) is 13.9. The number of rotatable bonds is 4. The third-order valence-corrected chi connectivity index (χ3v) is 4.50. The van der Waals surface area contributed by atoms with E-state index in [1.54, 1.807) is 11.3 Å². The minimum atomic E-state index is 0.364. The predicted molar refractivity (Wildman–Crippen MR) is 90.5 cm³/mol. The molecule has 0 radical (unpaired) electrons. The van der Waals surface area contributed by atoms with Crippen LogP contribution in [0.15, 0.2) is 35.7 Å². The topological polar surface area (TPSA) is 47.0 Å². The molecule has 3 aromatic rings. The minimum absolute atomic E-state index is 0.364. The molecule has 1 aromatic carbocycles. The minimum Gasteiger partial charge on any atom is -0.484 e. The number of nitrogens with zero attached hydrogens (tertiary/aromatic N) is 2. The lowest BCUT2D eigenvalue weighted by Gasteiger charge is -2.08. The number of ether oxygens (including phenoxy) is 1. The normalized spacial score (nSPS) is 10.7. The number of halogens is 1. The lowest BCUT2D eigenvalue weighted by molar-refractivity contribution is 0.294.